The predicted molar refractivity (Wildman–Crippen MR) is 77.6 cm³/mol. The van der Waals surface area contributed by atoms with E-state index in [-0.39, 0.29) is 23.3 Å². The minimum atomic E-state index is -3.56. The van der Waals surface area contributed by atoms with Crippen molar-refractivity contribution >= 4 is 31.9 Å². The van der Waals surface area contributed by atoms with Crippen LogP contribution in [0, 0.1) is 5.92 Å². The number of nitrogens with zero attached hydrogens (tertiary/aromatic N) is 1. The Morgan fingerprint density at radius 3 is 2.85 bits per heavy atom. The van der Waals surface area contributed by atoms with Crippen LogP contribution in [-0.4, -0.2) is 38.9 Å². The lowest BCUT2D eigenvalue weighted by molar-refractivity contribution is -0.146. The van der Waals surface area contributed by atoms with Crippen molar-refractivity contribution in [3.63, 3.8) is 0 Å². The summed E-state index contributed by atoms with van der Waals surface area (Å²) < 4.78 is 31.9. The lowest BCUT2D eigenvalue weighted by Crippen LogP contribution is -2.42. The van der Waals surface area contributed by atoms with Gasteiger partial charge in [0.05, 0.1) is 17.9 Å². The van der Waals surface area contributed by atoms with Crippen LogP contribution in [-0.2, 0) is 19.6 Å². The maximum absolute atomic E-state index is 12.5. The van der Waals surface area contributed by atoms with E-state index in [1.165, 1.54) is 11.4 Å². The zero-order valence-electron chi connectivity index (χ0n) is 11.1. The van der Waals surface area contributed by atoms with Crippen LogP contribution in [0.25, 0.3) is 0 Å². The first kappa shape index (κ1) is 15.5. The SMILES string of the molecule is COC(=O)[C@H]1CCCN(S(=O)(=O)c2cccc(Br)c2)C1. The maximum atomic E-state index is 12.5. The zero-order chi connectivity index (χ0) is 14.8. The Hall–Kier alpha value is -0.920. The maximum Gasteiger partial charge on any atom is 0.309 e. The summed E-state index contributed by atoms with van der Waals surface area (Å²) in [5, 5.41) is 0. The molecule has 0 unspecified atom stereocenters. The first-order valence-corrected chi connectivity index (χ1v) is 8.52. The highest BCUT2D eigenvalue weighted by molar-refractivity contribution is 9.10. The smallest absolute Gasteiger partial charge is 0.309 e. The number of hydrogen-bond donors (Lipinski definition) is 0. The average molecular weight is 362 g/mol. The van der Waals surface area contributed by atoms with Crippen molar-refractivity contribution in [2.75, 3.05) is 20.2 Å². The van der Waals surface area contributed by atoms with Crippen molar-refractivity contribution in [1.82, 2.24) is 4.31 Å². The molecule has 1 aromatic rings. The van der Waals surface area contributed by atoms with Crippen molar-refractivity contribution in [3.05, 3.63) is 28.7 Å². The first-order valence-electron chi connectivity index (χ1n) is 6.28. The molecule has 2 rings (SSSR count). The van der Waals surface area contributed by atoms with Gasteiger partial charge in [-0.1, -0.05) is 22.0 Å². The van der Waals surface area contributed by atoms with Crippen molar-refractivity contribution in [2.24, 2.45) is 5.92 Å². The molecule has 1 aromatic carbocycles. The molecule has 1 fully saturated rings. The van der Waals surface area contributed by atoms with Crippen LogP contribution in [0.1, 0.15) is 12.8 Å². The van der Waals surface area contributed by atoms with Crippen molar-refractivity contribution in [2.45, 2.75) is 17.7 Å². The molecule has 1 atom stereocenters. The molecule has 20 heavy (non-hydrogen) atoms. The largest absolute Gasteiger partial charge is 0.469 e. The van der Waals surface area contributed by atoms with Crippen molar-refractivity contribution in [3.8, 4) is 0 Å². The second-order valence-corrected chi connectivity index (χ2v) is 7.54. The van der Waals surface area contributed by atoms with E-state index >= 15 is 0 Å². The number of carbonyl (C=O) groups excluding carboxylic acids is 1. The van der Waals surface area contributed by atoms with Gasteiger partial charge in [0.2, 0.25) is 10.0 Å². The van der Waals surface area contributed by atoms with E-state index < -0.39 is 10.0 Å². The van der Waals surface area contributed by atoms with Crippen LogP contribution >= 0.6 is 15.9 Å². The molecule has 1 aliphatic rings. The minimum Gasteiger partial charge on any atom is -0.469 e. The summed E-state index contributed by atoms with van der Waals surface area (Å²) in [6.45, 7) is 0.615. The number of benzene rings is 1. The fourth-order valence-corrected chi connectivity index (χ4v) is 4.42. The molecule has 1 aliphatic heterocycles. The Kier molecular flexibility index (Phi) is 4.82. The molecule has 7 heteroatoms. The van der Waals surface area contributed by atoms with Crippen LogP contribution in [0.2, 0.25) is 0 Å². The van der Waals surface area contributed by atoms with Gasteiger partial charge in [-0.3, -0.25) is 4.79 Å². The Morgan fingerprint density at radius 2 is 2.20 bits per heavy atom. The zero-order valence-corrected chi connectivity index (χ0v) is 13.5. The van der Waals surface area contributed by atoms with E-state index in [0.29, 0.717) is 23.9 Å². The van der Waals surface area contributed by atoms with Gasteiger partial charge in [0, 0.05) is 17.6 Å². The third-order valence-corrected chi connectivity index (χ3v) is 5.71. The number of methoxy groups -OCH3 is 1. The standard InChI is InChI=1S/C13H16BrNO4S/c1-19-13(16)10-4-3-7-15(9-10)20(17,18)12-6-2-5-11(14)8-12/h2,5-6,8,10H,3-4,7,9H2,1H3/t10-/m0/s1. The van der Waals surface area contributed by atoms with Gasteiger partial charge < -0.3 is 4.74 Å². The highest BCUT2D eigenvalue weighted by Gasteiger charge is 2.33. The molecule has 5 nitrogen and oxygen atoms in total. The van der Waals surface area contributed by atoms with E-state index in [9.17, 15) is 13.2 Å². The molecular formula is C13H16BrNO4S. The average Bonchev–Trinajstić information content (AvgIpc) is 2.46. The number of esters is 1. The molecule has 0 saturated carbocycles. The van der Waals surface area contributed by atoms with Gasteiger partial charge in [0.1, 0.15) is 0 Å². The number of rotatable bonds is 3. The van der Waals surface area contributed by atoms with Gasteiger partial charge in [-0.2, -0.15) is 4.31 Å². The lowest BCUT2D eigenvalue weighted by atomic mass is 10.0. The molecule has 0 spiro atoms. The van der Waals surface area contributed by atoms with E-state index in [1.54, 1.807) is 24.3 Å². The first-order chi connectivity index (χ1) is 9.45. The summed E-state index contributed by atoms with van der Waals surface area (Å²) in [5.74, 6) is -0.727. The van der Waals surface area contributed by atoms with Crippen molar-refractivity contribution in [1.29, 1.82) is 0 Å². The molecule has 1 heterocycles. The molecule has 0 aromatic heterocycles. The van der Waals surface area contributed by atoms with Crippen molar-refractivity contribution < 1.29 is 17.9 Å². The number of piperidine rings is 1. The topological polar surface area (TPSA) is 63.7 Å². The second kappa shape index (κ2) is 6.24. The highest BCUT2D eigenvalue weighted by atomic mass is 79.9. The van der Waals surface area contributed by atoms with Gasteiger partial charge in [-0.05, 0) is 31.0 Å². The molecule has 0 radical (unpaired) electrons. The Labute approximate surface area is 127 Å². The number of sulfonamides is 1. The highest BCUT2D eigenvalue weighted by Crippen LogP contribution is 2.25. The van der Waals surface area contributed by atoms with Crippen LogP contribution in [0.15, 0.2) is 33.6 Å². The third-order valence-electron chi connectivity index (χ3n) is 3.35. The lowest BCUT2D eigenvalue weighted by Gasteiger charge is -2.30. The molecule has 0 bridgehead atoms. The third kappa shape index (κ3) is 3.21. The van der Waals surface area contributed by atoms with Crippen LogP contribution < -0.4 is 0 Å². The number of hydrogen-bond acceptors (Lipinski definition) is 4. The molecule has 0 N–H and O–H groups in total. The number of ether oxygens (including phenoxy) is 1. The summed E-state index contributed by atoms with van der Waals surface area (Å²) >= 11 is 3.27. The quantitative estimate of drug-likeness (QED) is 0.772. The van der Waals surface area contributed by atoms with Gasteiger partial charge in [0.25, 0.3) is 0 Å². The number of halogens is 1. The predicted octanol–water partition coefficient (Wildman–Crippen LogP) is 2.02. The van der Waals surface area contributed by atoms with Gasteiger partial charge in [-0.15, -0.1) is 0 Å². The summed E-state index contributed by atoms with van der Waals surface area (Å²) in [5.41, 5.74) is 0. The van der Waals surface area contributed by atoms with Gasteiger partial charge >= 0.3 is 5.97 Å². The summed E-state index contributed by atoms with van der Waals surface area (Å²) in [6, 6.07) is 6.57. The Balaban J connectivity index is 2.23. The van der Waals surface area contributed by atoms with Gasteiger partial charge in [-0.25, -0.2) is 8.42 Å². The Morgan fingerprint density at radius 1 is 1.45 bits per heavy atom. The van der Waals surface area contributed by atoms with E-state index in [2.05, 4.69) is 15.9 Å². The fraction of sp³-hybridized carbons (Fsp3) is 0.462. The van der Waals surface area contributed by atoms with Gasteiger partial charge in [0.15, 0.2) is 0 Å². The molecular weight excluding hydrogens is 346 g/mol. The van der Waals surface area contributed by atoms with Crippen LogP contribution in [0.3, 0.4) is 0 Å². The van der Waals surface area contributed by atoms with E-state index in [4.69, 9.17) is 4.74 Å². The summed E-state index contributed by atoms with van der Waals surface area (Å²) in [7, 11) is -2.24. The Bertz CT molecular complexity index is 602. The number of carbonyl (C=O) groups is 1. The molecule has 110 valence electrons. The molecule has 0 aliphatic carbocycles. The minimum absolute atomic E-state index is 0.182. The van der Waals surface area contributed by atoms with Crippen LogP contribution in [0.5, 0.6) is 0 Å². The van der Waals surface area contributed by atoms with E-state index in [0.717, 1.165) is 0 Å². The molecule has 0 amide bonds. The molecule has 1 saturated heterocycles. The van der Waals surface area contributed by atoms with Crippen LogP contribution in [0.4, 0.5) is 0 Å². The van der Waals surface area contributed by atoms with E-state index in [1.807, 2.05) is 0 Å². The second-order valence-electron chi connectivity index (χ2n) is 4.68. The summed E-state index contributed by atoms with van der Waals surface area (Å²) in [6.07, 6.45) is 1.32. The fourth-order valence-electron chi connectivity index (χ4n) is 2.30. The monoisotopic (exact) mass is 361 g/mol. The normalized spacial score (nSPS) is 20.6. The summed E-state index contributed by atoms with van der Waals surface area (Å²) in [4.78, 5) is 11.8.